The first-order valence-electron chi connectivity index (χ1n) is 5.90. The third-order valence-corrected chi connectivity index (χ3v) is 5.03. The lowest BCUT2D eigenvalue weighted by Gasteiger charge is -2.29. The van der Waals surface area contributed by atoms with Gasteiger partial charge < -0.3 is 5.11 Å². The minimum absolute atomic E-state index is 0.0613. The Bertz CT molecular complexity index is 587. The Hall–Kier alpha value is -1.47. The molecule has 0 aromatic heterocycles. The van der Waals surface area contributed by atoms with Gasteiger partial charge in [0.1, 0.15) is 5.82 Å². The number of sulfonamides is 1. The number of carbonyl (C=O) groups is 1. The van der Waals surface area contributed by atoms with Crippen LogP contribution in [0.5, 0.6) is 0 Å². The Morgan fingerprint density at radius 1 is 1.42 bits per heavy atom. The minimum atomic E-state index is -3.82. The van der Waals surface area contributed by atoms with E-state index < -0.39 is 27.7 Å². The third kappa shape index (κ3) is 2.93. The van der Waals surface area contributed by atoms with Gasteiger partial charge in [-0.15, -0.1) is 0 Å². The number of rotatable bonds is 3. The molecule has 104 valence electrons. The molecule has 1 aromatic rings. The highest BCUT2D eigenvalue weighted by molar-refractivity contribution is 7.89. The highest BCUT2D eigenvalue weighted by Crippen LogP contribution is 2.24. The van der Waals surface area contributed by atoms with Gasteiger partial charge >= 0.3 is 5.97 Å². The van der Waals surface area contributed by atoms with Gasteiger partial charge in [-0.25, -0.2) is 12.8 Å². The lowest BCUT2D eigenvalue weighted by Crippen LogP contribution is -2.42. The summed E-state index contributed by atoms with van der Waals surface area (Å²) in [7, 11) is -3.82. The van der Waals surface area contributed by atoms with E-state index in [0.717, 1.165) is 16.4 Å². The van der Waals surface area contributed by atoms with E-state index in [1.54, 1.807) is 0 Å². The summed E-state index contributed by atoms with van der Waals surface area (Å²) in [5.41, 5.74) is 0. The molecule has 2 rings (SSSR count). The molecule has 1 heterocycles. The van der Waals surface area contributed by atoms with Gasteiger partial charge in [-0.2, -0.15) is 4.31 Å². The molecule has 1 atom stereocenters. The lowest BCUT2D eigenvalue weighted by molar-refractivity contribution is -0.142. The first-order valence-corrected chi connectivity index (χ1v) is 7.34. The van der Waals surface area contributed by atoms with Gasteiger partial charge in [0.2, 0.25) is 10.0 Å². The van der Waals surface area contributed by atoms with Crippen LogP contribution in [0.4, 0.5) is 4.39 Å². The second-order valence-corrected chi connectivity index (χ2v) is 6.44. The molecular formula is C12H14FNO4S. The Morgan fingerprint density at radius 3 is 2.79 bits per heavy atom. The average molecular weight is 287 g/mol. The van der Waals surface area contributed by atoms with Crippen molar-refractivity contribution in [3.63, 3.8) is 0 Å². The molecule has 0 spiro atoms. The maximum Gasteiger partial charge on any atom is 0.307 e. The Balaban J connectivity index is 2.27. The molecule has 1 aromatic carbocycles. The normalized spacial score (nSPS) is 21.2. The van der Waals surface area contributed by atoms with Gasteiger partial charge in [-0.05, 0) is 31.0 Å². The van der Waals surface area contributed by atoms with Gasteiger partial charge in [0.15, 0.2) is 0 Å². The zero-order valence-corrected chi connectivity index (χ0v) is 10.9. The largest absolute Gasteiger partial charge is 0.481 e. The molecule has 1 aliphatic rings. The molecule has 1 unspecified atom stereocenters. The van der Waals surface area contributed by atoms with Crippen LogP contribution in [0.2, 0.25) is 0 Å². The Kier molecular flexibility index (Phi) is 3.86. The van der Waals surface area contributed by atoms with Crippen LogP contribution in [0.15, 0.2) is 29.2 Å². The number of carboxylic acid groups (broad SMARTS) is 1. The summed E-state index contributed by atoms with van der Waals surface area (Å²) in [5.74, 6) is -2.33. The lowest BCUT2D eigenvalue weighted by atomic mass is 10.0. The van der Waals surface area contributed by atoms with Crippen LogP contribution in [-0.2, 0) is 14.8 Å². The maximum absolute atomic E-state index is 13.1. The van der Waals surface area contributed by atoms with Crippen LogP contribution >= 0.6 is 0 Å². The summed E-state index contributed by atoms with van der Waals surface area (Å²) >= 11 is 0. The predicted molar refractivity (Wildman–Crippen MR) is 65.5 cm³/mol. The molecular weight excluding hydrogens is 273 g/mol. The Labute approximate surface area is 110 Å². The summed E-state index contributed by atoms with van der Waals surface area (Å²) in [4.78, 5) is 10.8. The van der Waals surface area contributed by atoms with Crippen molar-refractivity contribution in [1.29, 1.82) is 0 Å². The van der Waals surface area contributed by atoms with Crippen LogP contribution < -0.4 is 0 Å². The van der Waals surface area contributed by atoms with Crippen molar-refractivity contribution < 1.29 is 22.7 Å². The van der Waals surface area contributed by atoms with Crippen molar-refractivity contribution in [1.82, 2.24) is 4.31 Å². The van der Waals surface area contributed by atoms with Crippen LogP contribution in [-0.4, -0.2) is 36.9 Å². The maximum atomic E-state index is 13.1. The quantitative estimate of drug-likeness (QED) is 0.909. The van der Waals surface area contributed by atoms with E-state index in [9.17, 15) is 17.6 Å². The van der Waals surface area contributed by atoms with Gasteiger partial charge in [0.25, 0.3) is 0 Å². The zero-order valence-electron chi connectivity index (χ0n) is 10.1. The van der Waals surface area contributed by atoms with Crippen molar-refractivity contribution in [2.75, 3.05) is 13.1 Å². The van der Waals surface area contributed by atoms with E-state index in [1.807, 2.05) is 0 Å². The summed E-state index contributed by atoms with van der Waals surface area (Å²) in [5, 5.41) is 8.95. The second kappa shape index (κ2) is 5.26. The fourth-order valence-electron chi connectivity index (χ4n) is 2.14. The second-order valence-electron chi connectivity index (χ2n) is 4.50. The number of nitrogens with zero attached hydrogens (tertiary/aromatic N) is 1. The number of hydrogen-bond donors (Lipinski definition) is 1. The van der Waals surface area contributed by atoms with Crippen LogP contribution in [0.25, 0.3) is 0 Å². The average Bonchev–Trinajstić information content (AvgIpc) is 2.39. The van der Waals surface area contributed by atoms with Gasteiger partial charge in [0.05, 0.1) is 10.8 Å². The summed E-state index contributed by atoms with van der Waals surface area (Å²) in [6.07, 6.45) is 0.954. The molecule has 0 saturated carbocycles. The third-order valence-electron chi connectivity index (χ3n) is 3.17. The predicted octanol–water partition coefficient (Wildman–Crippen LogP) is 1.31. The number of benzene rings is 1. The molecule has 0 amide bonds. The number of carboxylic acids is 1. The van der Waals surface area contributed by atoms with E-state index in [4.69, 9.17) is 5.11 Å². The zero-order chi connectivity index (χ0) is 14.0. The SMILES string of the molecule is O=C(O)C1CCCN(S(=O)(=O)c2cccc(F)c2)C1. The molecule has 0 radical (unpaired) electrons. The van der Waals surface area contributed by atoms with E-state index in [0.29, 0.717) is 12.8 Å². The summed E-state index contributed by atoms with van der Waals surface area (Å²) in [6, 6.07) is 4.73. The number of halogens is 1. The monoisotopic (exact) mass is 287 g/mol. The molecule has 1 saturated heterocycles. The van der Waals surface area contributed by atoms with Gasteiger partial charge in [-0.3, -0.25) is 4.79 Å². The number of piperidine rings is 1. The van der Waals surface area contributed by atoms with Crippen LogP contribution in [0.3, 0.4) is 0 Å². The van der Waals surface area contributed by atoms with Crippen molar-refractivity contribution in [2.45, 2.75) is 17.7 Å². The Morgan fingerprint density at radius 2 is 2.16 bits per heavy atom. The number of aliphatic carboxylic acids is 1. The molecule has 0 aliphatic carbocycles. The fourth-order valence-corrected chi connectivity index (χ4v) is 3.69. The van der Waals surface area contributed by atoms with E-state index in [2.05, 4.69) is 0 Å². The molecule has 5 nitrogen and oxygen atoms in total. The van der Waals surface area contributed by atoms with E-state index in [1.165, 1.54) is 12.1 Å². The molecule has 1 N–H and O–H groups in total. The fraction of sp³-hybridized carbons (Fsp3) is 0.417. The van der Waals surface area contributed by atoms with Crippen molar-refractivity contribution in [3.05, 3.63) is 30.1 Å². The first kappa shape index (κ1) is 14.0. The molecule has 19 heavy (non-hydrogen) atoms. The minimum Gasteiger partial charge on any atom is -0.481 e. The van der Waals surface area contributed by atoms with Crippen molar-refractivity contribution in [2.24, 2.45) is 5.92 Å². The van der Waals surface area contributed by atoms with Gasteiger partial charge in [0, 0.05) is 13.1 Å². The molecule has 7 heteroatoms. The topological polar surface area (TPSA) is 74.7 Å². The highest BCUT2D eigenvalue weighted by atomic mass is 32.2. The van der Waals surface area contributed by atoms with E-state index >= 15 is 0 Å². The summed E-state index contributed by atoms with van der Waals surface area (Å²) in [6.45, 7) is 0.205. The first-order chi connectivity index (χ1) is 8.91. The van der Waals surface area contributed by atoms with Crippen molar-refractivity contribution >= 4 is 16.0 Å². The molecule has 1 fully saturated rings. The highest BCUT2D eigenvalue weighted by Gasteiger charge is 2.33. The van der Waals surface area contributed by atoms with Crippen LogP contribution in [0.1, 0.15) is 12.8 Å². The smallest absolute Gasteiger partial charge is 0.307 e. The molecule has 0 bridgehead atoms. The molecule has 1 aliphatic heterocycles. The van der Waals surface area contributed by atoms with Gasteiger partial charge in [-0.1, -0.05) is 6.07 Å². The standard InChI is InChI=1S/C12H14FNO4S/c13-10-4-1-5-11(7-10)19(17,18)14-6-2-3-9(8-14)12(15)16/h1,4-5,7,9H,2-3,6,8H2,(H,15,16). The van der Waals surface area contributed by atoms with E-state index in [-0.39, 0.29) is 18.0 Å². The van der Waals surface area contributed by atoms with Crippen molar-refractivity contribution in [3.8, 4) is 0 Å². The van der Waals surface area contributed by atoms with Crippen LogP contribution in [0, 0.1) is 11.7 Å². The number of hydrogen-bond acceptors (Lipinski definition) is 3. The summed E-state index contributed by atoms with van der Waals surface area (Å²) < 4.78 is 38.8.